The molecule has 2 fully saturated rings. The first kappa shape index (κ1) is 13.9. The molecule has 0 bridgehead atoms. The summed E-state index contributed by atoms with van der Waals surface area (Å²) in [5.41, 5.74) is 2.44. The van der Waals surface area contributed by atoms with E-state index in [0.717, 1.165) is 25.0 Å². The van der Waals surface area contributed by atoms with Crippen molar-refractivity contribution in [3.8, 4) is 5.75 Å². The quantitative estimate of drug-likeness (QED) is 0.877. The molecule has 2 heteroatoms. The Morgan fingerprint density at radius 1 is 1.05 bits per heavy atom. The number of benzene rings is 1. The molecule has 1 aromatic rings. The van der Waals surface area contributed by atoms with Crippen LogP contribution in [0.3, 0.4) is 0 Å². The van der Waals surface area contributed by atoms with Crippen LogP contribution in [0.5, 0.6) is 5.75 Å². The van der Waals surface area contributed by atoms with Crippen molar-refractivity contribution in [1.29, 1.82) is 0 Å². The minimum atomic E-state index is -0.157. The summed E-state index contributed by atoms with van der Waals surface area (Å²) in [7, 11) is 0. The van der Waals surface area contributed by atoms with E-state index < -0.39 is 0 Å². The summed E-state index contributed by atoms with van der Waals surface area (Å²) < 4.78 is 6.37. The fourth-order valence-corrected chi connectivity index (χ4v) is 4.06. The van der Waals surface area contributed by atoms with Crippen molar-refractivity contribution in [3.05, 3.63) is 29.3 Å². The van der Waals surface area contributed by atoms with Crippen LogP contribution in [0.1, 0.15) is 56.1 Å². The molecule has 2 aliphatic carbocycles. The Morgan fingerprint density at radius 2 is 1.65 bits per heavy atom. The van der Waals surface area contributed by atoms with Crippen LogP contribution in [0.15, 0.2) is 18.2 Å². The molecule has 2 saturated carbocycles. The van der Waals surface area contributed by atoms with Gasteiger partial charge in [-0.2, -0.15) is 0 Å². The molecular formula is C18H26O2. The van der Waals surface area contributed by atoms with Crippen molar-refractivity contribution >= 4 is 0 Å². The van der Waals surface area contributed by atoms with Gasteiger partial charge in [0.1, 0.15) is 11.9 Å². The van der Waals surface area contributed by atoms with Crippen molar-refractivity contribution in [2.75, 3.05) is 0 Å². The van der Waals surface area contributed by atoms with E-state index in [0.29, 0.717) is 0 Å². The summed E-state index contributed by atoms with van der Waals surface area (Å²) in [6.45, 7) is 4.22. The first-order valence-corrected chi connectivity index (χ1v) is 8.04. The Morgan fingerprint density at radius 3 is 2.20 bits per heavy atom. The van der Waals surface area contributed by atoms with Crippen LogP contribution in [-0.4, -0.2) is 17.3 Å². The highest BCUT2D eigenvalue weighted by molar-refractivity contribution is 5.40. The number of para-hydroxylation sites is 1. The van der Waals surface area contributed by atoms with Crippen molar-refractivity contribution in [1.82, 2.24) is 0 Å². The van der Waals surface area contributed by atoms with E-state index in [9.17, 15) is 5.11 Å². The van der Waals surface area contributed by atoms with Crippen LogP contribution in [0.2, 0.25) is 0 Å². The second-order valence-electron chi connectivity index (χ2n) is 6.73. The molecule has 110 valence electrons. The topological polar surface area (TPSA) is 29.5 Å². The number of hydrogen-bond acceptors (Lipinski definition) is 2. The highest BCUT2D eigenvalue weighted by Gasteiger charge is 2.55. The Balaban J connectivity index is 1.80. The van der Waals surface area contributed by atoms with Gasteiger partial charge in [0, 0.05) is 11.8 Å². The molecule has 0 aromatic heterocycles. The fraction of sp³-hybridized carbons (Fsp3) is 0.667. The number of aliphatic hydroxyl groups excluding tert-OH is 1. The summed E-state index contributed by atoms with van der Waals surface area (Å²) in [4.78, 5) is 0. The second kappa shape index (κ2) is 5.40. The van der Waals surface area contributed by atoms with Crippen LogP contribution < -0.4 is 4.74 Å². The lowest BCUT2D eigenvalue weighted by Crippen LogP contribution is -2.59. The van der Waals surface area contributed by atoms with Gasteiger partial charge in [0.2, 0.25) is 0 Å². The Kier molecular flexibility index (Phi) is 3.76. The molecule has 2 unspecified atom stereocenters. The van der Waals surface area contributed by atoms with Crippen molar-refractivity contribution < 1.29 is 9.84 Å². The summed E-state index contributed by atoms with van der Waals surface area (Å²) >= 11 is 0. The van der Waals surface area contributed by atoms with Gasteiger partial charge in [-0.3, -0.25) is 0 Å². The second-order valence-corrected chi connectivity index (χ2v) is 6.73. The third-order valence-electron chi connectivity index (χ3n) is 5.45. The van der Waals surface area contributed by atoms with E-state index >= 15 is 0 Å². The maximum absolute atomic E-state index is 10.4. The average molecular weight is 274 g/mol. The standard InChI is InChI=1S/C18H26O2/c1-13-8-7-9-14(2)17(13)20-16-12-15(19)18(16)10-5-3-4-6-11-18/h7-9,15-16,19H,3-6,10-12H2,1-2H3. The molecular weight excluding hydrogens is 248 g/mol. The number of ether oxygens (including phenoxy) is 1. The monoisotopic (exact) mass is 274 g/mol. The summed E-state index contributed by atoms with van der Waals surface area (Å²) in [6.07, 6.45) is 8.20. The van der Waals surface area contributed by atoms with Gasteiger partial charge < -0.3 is 9.84 Å². The number of hydrogen-bond donors (Lipinski definition) is 1. The molecule has 0 radical (unpaired) electrons. The molecule has 1 aromatic carbocycles. The Bertz CT molecular complexity index is 452. The molecule has 2 nitrogen and oxygen atoms in total. The minimum absolute atomic E-state index is 0.0330. The van der Waals surface area contributed by atoms with Gasteiger partial charge in [0.15, 0.2) is 0 Å². The summed E-state index contributed by atoms with van der Waals surface area (Å²) in [5, 5.41) is 10.4. The van der Waals surface area contributed by atoms with Gasteiger partial charge in [-0.1, -0.05) is 43.9 Å². The highest BCUT2D eigenvalue weighted by Crippen LogP contribution is 2.52. The molecule has 1 N–H and O–H groups in total. The number of rotatable bonds is 2. The van der Waals surface area contributed by atoms with Crippen molar-refractivity contribution in [2.24, 2.45) is 5.41 Å². The largest absolute Gasteiger partial charge is 0.489 e. The number of aliphatic hydroxyl groups is 1. The first-order valence-electron chi connectivity index (χ1n) is 8.04. The van der Waals surface area contributed by atoms with Crippen LogP contribution >= 0.6 is 0 Å². The van der Waals surface area contributed by atoms with Crippen molar-refractivity contribution in [3.63, 3.8) is 0 Å². The Hall–Kier alpha value is -1.02. The molecule has 2 atom stereocenters. The van der Waals surface area contributed by atoms with E-state index in [-0.39, 0.29) is 17.6 Å². The fourth-order valence-electron chi connectivity index (χ4n) is 4.06. The van der Waals surface area contributed by atoms with Gasteiger partial charge in [-0.25, -0.2) is 0 Å². The summed E-state index contributed by atoms with van der Waals surface area (Å²) in [5.74, 6) is 1.04. The zero-order valence-corrected chi connectivity index (χ0v) is 12.7. The Labute approximate surface area is 122 Å². The molecule has 0 aliphatic heterocycles. The van der Waals surface area contributed by atoms with Gasteiger partial charge >= 0.3 is 0 Å². The molecule has 0 saturated heterocycles. The van der Waals surface area contributed by atoms with E-state index in [4.69, 9.17) is 4.74 Å². The number of aryl methyl sites for hydroxylation is 2. The SMILES string of the molecule is Cc1cccc(C)c1OC1CC(O)C12CCCCCC2. The predicted molar refractivity (Wildman–Crippen MR) is 81.1 cm³/mol. The zero-order valence-electron chi connectivity index (χ0n) is 12.7. The molecule has 3 rings (SSSR count). The van der Waals surface area contributed by atoms with Crippen LogP contribution in [-0.2, 0) is 0 Å². The first-order chi connectivity index (χ1) is 9.63. The van der Waals surface area contributed by atoms with E-state index in [1.54, 1.807) is 0 Å². The zero-order chi connectivity index (χ0) is 14.2. The van der Waals surface area contributed by atoms with Gasteiger partial charge in [-0.15, -0.1) is 0 Å². The lowest BCUT2D eigenvalue weighted by atomic mass is 9.59. The van der Waals surface area contributed by atoms with E-state index in [2.05, 4.69) is 32.0 Å². The lowest BCUT2D eigenvalue weighted by molar-refractivity contribution is -0.163. The van der Waals surface area contributed by atoms with Gasteiger partial charge in [-0.05, 0) is 37.8 Å². The molecule has 1 spiro atoms. The van der Waals surface area contributed by atoms with E-state index in [1.165, 1.54) is 36.8 Å². The normalized spacial score (nSPS) is 28.8. The molecule has 0 amide bonds. The van der Waals surface area contributed by atoms with Crippen LogP contribution in [0.4, 0.5) is 0 Å². The van der Waals surface area contributed by atoms with Gasteiger partial charge in [0.25, 0.3) is 0 Å². The van der Waals surface area contributed by atoms with Gasteiger partial charge in [0.05, 0.1) is 6.10 Å². The third-order valence-corrected chi connectivity index (χ3v) is 5.45. The predicted octanol–water partition coefficient (Wildman–Crippen LogP) is 4.16. The summed E-state index contributed by atoms with van der Waals surface area (Å²) in [6, 6.07) is 6.29. The molecule has 20 heavy (non-hydrogen) atoms. The molecule has 0 heterocycles. The smallest absolute Gasteiger partial charge is 0.125 e. The third kappa shape index (κ3) is 2.24. The van der Waals surface area contributed by atoms with Crippen molar-refractivity contribution in [2.45, 2.75) is 71.0 Å². The highest BCUT2D eigenvalue weighted by atomic mass is 16.5. The lowest BCUT2D eigenvalue weighted by Gasteiger charge is -2.53. The van der Waals surface area contributed by atoms with Crippen LogP contribution in [0.25, 0.3) is 0 Å². The average Bonchev–Trinajstić information content (AvgIpc) is 2.69. The maximum Gasteiger partial charge on any atom is 0.125 e. The minimum Gasteiger partial charge on any atom is -0.489 e. The maximum atomic E-state index is 10.4. The van der Waals surface area contributed by atoms with E-state index in [1.807, 2.05) is 0 Å². The molecule has 2 aliphatic rings. The van der Waals surface area contributed by atoms with Crippen LogP contribution in [0, 0.1) is 19.3 Å².